The normalized spacial score (nSPS) is 17.4. The van der Waals surface area contributed by atoms with Gasteiger partial charge in [-0.25, -0.2) is 4.79 Å². The summed E-state index contributed by atoms with van der Waals surface area (Å²) >= 11 is 0. The Morgan fingerprint density at radius 3 is 2.30 bits per heavy atom. The number of ether oxygens (including phenoxy) is 4. The highest BCUT2D eigenvalue weighted by molar-refractivity contribution is 5.67. The summed E-state index contributed by atoms with van der Waals surface area (Å²) in [4.78, 5) is 19.2. The lowest BCUT2D eigenvalue weighted by molar-refractivity contribution is -0.140. The molecule has 1 heterocycles. The summed E-state index contributed by atoms with van der Waals surface area (Å²) in [5.41, 5.74) is 1.86. The van der Waals surface area contributed by atoms with Crippen LogP contribution < -0.4 is 14.2 Å². The molecule has 1 aliphatic rings. The maximum absolute atomic E-state index is 15.7. The molecule has 2 aromatic carbocycles. The molecule has 4 rings (SSSR count). The van der Waals surface area contributed by atoms with Crippen molar-refractivity contribution in [3.05, 3.63) is 83.7 Å². The molecule has 1 aliphatic carbocycles. The lowest BCUT2D eigenvalue weighted by atomic mass is 9.87. The Morgan fingerprint density at radius 1 is 0.935 bits per heavy atom. The smallest absolute Gasteiger partial charge is 0.409 e. The molecule has 0 radical (unpaired) electrons. The number of nitrogens with zero attached hydrogens (tertiary/aromatic N) is 2. The van der Waals surface area contributed by atoms with Crippen molar-refractivity contribution in [2.45, 2.75) is 63.4 Å². The number of aryl methyl sites for hydroxylation is 1. The monoisotopic (exact) mass is 640 g/mol. The van der Waals surface area contributed by atoms with Gasteiger partial charge in [-0.2, -0.15) is 8.78 Å². The standard InChI is InChI=1S/C36H46F2N2O6/c1-43-31-22-30(23-32(44-2)33(31)45-3)36(37,38)34(41)29-15-7-12-28(16-17-29)25-46-35(42)40(21-18-26-10-5-4-6-11-26)20-9-14-27-13-8-19-39-24-27/h4-6,8,10-11,13,19,22-24,28-29,34,41H,7,9,12,14-18,20-21,25H2,1-3H3/t28-,29?,34?/m1/s1. The molecule has 0 saturated heterocycles. The van der Waals surface area contributed by atoms with Crippen LogP contribution in [0.3, 0.4) is 0 Å². The number of hydrogen-bond donors (Lipinski definition) is 1. The van der Waals surface area contributed by atoms with Crippen LogP contribution in [0.5, 0.6) is 17.2 Å². The molecule has 8 nitrogen and oxygen atoms in total. The molecule has 250 valence electrons. The number of hydrogen-bond acceptors (Lipinski definition) is 7. The molecule has 46 heavy (non-hydrogen) atoms. The van der Waals surface area contributed by atoms with Crippen LogP contribution >= 0.6 is 0 Å². The summed E-state index contributed by atoms with van der Waals surface area (Å²) in [6.45, 7) is 1.30. The van der Waals surface area contributed by atoms with E-state index >= 15 is 8.78 Å². The Balaban J connectivity index is 1.33. The summed E-state index contributed by atoms with van der Waals surface area (Å²) in [7, 11) is 4.12. The van der Waals surface area contributed by atoms with E-state index in [1.807, 2.05) is 48.7 Å². The molecule has 2 unspecified atom stereocenters. The van der Waals surface area contributed by atoms with Gasteiger partial charge in [0.05, 0.1) is 27.9 Å². The third-order valence-electron chi connectivity index (χ3n) is 8.83. The second-order valence-electron chi connectivity index (χ2n) is 11.9. The summed E-state index contributed by atoms with van der Waals surface area (Å²) in [5, 5.41) is 11.0. The van der Waals surface area contributed by atoms with Crippen molar-refractivity contribution in [2.24, 2.45) is 11.8 Å². The van der Waals surface area contributed by atoms with E-state index in [-0.39, 0.29) is 35.9 Å². The van der Waals surface area contributed by atoms with Gasteiger partial charge in [-0.05, 0) is 86.1 Å². The highest BCUT2D eigenvalue weighted by Crippen LogP contribution is 2.46. The molecule has 1 aromatic heterocycles. The van der Waals surface area contributed by atoms with E-state index in [1.54, 1.807) is 11.1 Å². The Morgan fingerprint density at radius 2 is 1.65 bits per heavy atom. The molecule has 0 spiro atoms. The SMILES string of the molecule is COc1cc(C(F)(F)C(O)C2CCC[C@@H](COC(=O)N(CCCc3cccnc3)CCc3ccccc3)CC2)cc(OC)c1OC. The number of aromatic nitrogens is 1. The first kappa shape index (κ1) is 34.9. The number of carbonyl (C=O) groups is 1. The zero-order chi connectivity index (χ0) is 32.9. The Bertz CT molecular complexity index is 1340. The van der Waals surface area contributed by atoms with Crippen LogP contribution in [0, 0.1) is 11.8 Å². The largest absolute Gasteiger partial charge is 0.493 e. The Labute approximate surface area is 270 Å². The zero-order valence-electron chi connectivity index (χ0n) is 27.0. The van der Waals surface area contributed by atoms with Gasteiger partial charge in [0.25, 0.3) is 5.92 Å². The first-order valence-electron chi connectivity index (χ1n) is 16.0. The number of methoxy groups -OCH3 is 3. The van der Waals surface area contributed by atoms with Gasteiger partial charge in [-0.1, -0.05) is 42.8 Å². The van der Waals surface area contributed by atoms with Gasteiger partial charge in [0.2, 0.25) is 5.75 Å². The minimum atomic E-state index is -3.54. The van der Waals surface area contributed by atoms with Crippen LogP contribution in [0.4, 0.5) is 13.6 Å². The van der Waals surface area contributed by atoms with Gasteiger partial charge in [-0.3, -0.25) is 4.98 Å². The van der Waals surface area contributed by atoms with Crippen LogP contribution in [-0.4, -0.2) is 68.2 Å². The lowest BCUT2D eigenvalue weighted by Gasteiger charge is -2.30. The highest BCUT2D eigenvalue weighted by Gasteiger charge is 2.46. The van der Waals surface area contributed by atoms with E-state index < -0.39 is 23.5 Å². The Hall–Kier alpha value is -3.92. The summed E-state index contributed by atoms with van der Waals surface area (Å²) in [6.07, 6.45) is 6.41. The quantitative estimate of drug-likeness (QED) is 0.178. The van der Waals surface area contributed by atoms with Crippen LogP contribution in [0.15, 0.2) is 67.0 Å². The van der Waals surface area contributed by atoms with Crippen LogP contribution in [0.2, 0.25) is 0 Å². The number of aliphatic hydroxyl groups is 1. The summed E-state index contributed by atoms with van der Waals surface area (Å²) < 4.78 is 53.0. The Kier molecular flexibility index (Phi) is 13.0. The van der Waals surface area contributed by atoms with E-state index in [2.05, 4.69) is 4.98 Å². The second-order valence-corrected chi connectivity index (χ2v) is 11.9. The van der Waals surface area contributed by atoms with Crippen molar-refractivity contribution in [2.75, 3.05) is 41.0 Å². The number of halogens is 2. The lowest BCUT2D eigenvalue weighted by Crippen LogP contribution is -2.37. The minimum Gasteiger partial charge on any atom is -0.493 e. The van der Waals surface area contributed by atoms with Crippen LogP contribution in [0.25, 0.3) is 0 Å². The first-order valence-corrected chi connectivity index (χ1v) is 16.0. The topological polar surface area (TPSA) is 90.4 Å². The summed E-state index contributed by atoms with van der Waals surface area (Å²) in [5.74, 6) is -3.73. The first-order chi connectivity index (χ1) is 22.3. The minimum absolute atomic E-state index is 0.0299. The van der Waals surface area contributed by atoms with E-state index in [1.165, 1.54) is 33.5 Å². The van der Waals surface area contributed by atoms with E-state index in [0.29, 0.717) is 45.2 Å². The van der Waals surface area contributed by atoms with Crippen molar-refractivity contribution >= 4 is 6.09 Å². The van der Waals surface area contributed by atoms with Crippen molar-refractivity contribution in [1.82, 2.24) is 9.88 Å². The molecular formula is C36H46F2N2O6. The molecule has 3 atom stereocenters. The van der Waals surface area contributed by atoms with Gasteiger partial charge in [0.15, 0.2) is 11.5 Å². The number of carbonyl (C=O) groups excluding carboxylic acids is 1. The van der Waals surface area contributed by atoms with E-state index in [9.17, 15) is 9.90 Å². The molecular weight excluding hydrogens is 594 g/mol. The van der Waals surface area contributed by atoms with Crippen molar-refractivity contribution in [3.8, 4) is 17.2 Å². The zero-order valence-corrected chi connectivity index (χ0v) is 27.0. The van der Waals surface area contributed by atoms with Gasteiger partial charge in [0.1, 0.15) is 6.10 Å². The van der Waals surface area contributed by atoms with Crippen LogP contribution in [-0.2, 0) is 23.5 Å². The van der Waals surface area contributed by atoms with E-state index in [0.717, 1.165) is 30.4 Å². The molecule has 0 bridgehead atoms. The van der Waals surface area contributed by atoms with Crippen molar-refractivity contribution in [3.63, 3.8) is 0 Å². The number of benzene rings is 2. The predicted octanol–water partition coefficient (Wildman–Crippen LogP) is 7.07. The van der Waals surface area contributed by atoms with Crippen molar-refractivity contribution in [1.29, 1.82) is 0 Å². The van der Waals surface area contributed by atoms with Gasteiger partial charge in [-0.15, -0.1) is 0 Å². The van der Waals surface area contributed by atoms with Gasteiger partial charge in [0, 0.05) is 31.0 Å². The molecule has 3 aromatic rings. The van der Waals surface area contributed by atoms with E-state index in [4.69, 9.17) is 18.9 Å². The number of pyridine rings is 1. The van der Waals surface area contributed by atoms with Gasteiger partial charge >= 0.3 is 6.09 Å². The second kappa shape index (κ2) is 17.1. The van der Waals surface area contributed by atoms with Gasteiger partial charge < -0.3 is 29.0 Å². The third-order valence-corrected chi connectivity index (χ3v) is 8.83. The predicted molar refractivity (Wildman–Crippen MR) is 172 cm³/mol. The molecule has 1 saturated carbocycles. The molecule has 1 N–H and O–H groups in total. The van der Waals surface area contributed by atoms with Crippen LogP contribution in [0.1, 0.15) is 55.2 Å². The number of aliphatic hydroxyl groups excluding tert-OH is 1. The number of amides is 1. The maximum atomic E-state index is 15.7. The highest BCUT2D eigenvalue weighted by atomic mass is 19.3. The average molecular weight is 641 g/mol. The molecule has 10 heteroatoms. The fourth-order valence-corrected chi connectivity index (χ4v) is 6.13. The molecule has 0 aliphatic heterocycles. The summed E-state index contributed by atoms with van der Waals surface area (Å²) in [6, 6.07) is 16.3. The van der Waals surface area contributed by atoms with Crippen molar-refractivity contribution < 1.29 is 37.6 Å². The average Bonchev–Trinajstić information content (AvgIpc) is 3.34. The number of alkyl halides is 2. The fourth-order valence-electron chi connectivity index (χ4n) is 6.13. The molecule has 1 amide bonds. The number of rotatable bonds is 15. The molecule has 1 fully saturated rings. The third kappa shape index (κ3) is 9.31. The fraction of sp³-hybridized carbons (Fsp3) is 0.500. The maximum Gasteiger partial charge on any atom is 0.409 e.